The predicted octanol–water partition coefficient (Wildman–Crippen LogP) is 4.15. The summed E-state index contributed by atoms with van der Waals surface area (Å²) in [5.74, 6) is -0.356. The van der Waals surface area contributed by atoms with Gasteiger partial charge in [0, 0.05) is 11.5 Å². The molecule has 5 rings (SSSR count). The molecule has 0 bridgehead atoms. The number of esters is 1. The summed E-state index contributed by atoms with van der Waals surface area (Å²) in [4.78, 5) is 41.4. The highest BCUT2D eigenvalue weighted by molar-refractivity contribution is 7.99. The summed E-state index contributed by atoms with van der Waals surface area (Å²) < 4.78 is 19.5. The number of hydrogen-bond acceptors (Lipinski definition) is 6. The molecule has 2 aliphatic rings. The standard InChI is InChI=1S/C32H30N2O5S2/c1-2-18-40-20-25-21-41(38)31-27(33-26(35)19-22-12-6-3-7-13-22)30(36)34(31)28(25)32(37)39-29(23-14-8-4-9-15-23)24-16-10-5-11-17-24/h2-17,27,29,31H,1,18-21H2,(H,33,35)/t27?,31-,41?/m1/s1. The van der Waals surface area contributed by atoms with Gasteiger partial charge in [0.2, 0.25) is 5.91 Å². The minimum Gasteiger partial charge on any atom is -0.448 e. The molecule has 2 unspecified atom stereocenters. The third-order valence-electron chi connectivity index (χ3n) is 6.86. The van der Waals surface area contributed by atoms with Crippen LogP contribution < -0.4 is 5.32 Å². The predicted molar refractivity (Wildman–Crippen MR) is 161 cm³/mol. The van der Waals surface area contributed by atoms with Crippen LogP contribution in [0.3, 0.4) is 0 Å². The van der Waals surface area contributed by atoms with Crippen molar-refractivity contribution in [3.63, 3.8) is 0 Å². The summed E-state index contributed by atoms with van der Waals surface area (Å²) in [5, 5.41) is 1.90. The smallest absolute Gasteiger partial charge is 0.356 e. The van der Waals surface area contributed by atoms with Crippen molar-refractivity contribution < 1.29 is 23.3 Å². The largest absolute Gasteiger partial charge is 0.448 e. The fourth-order valence-electron chi connectivity index (χ4n) is 4.97. The van der Waals surface area contributed by atoms with Crippen LogP contribution in [0.2, 0.25) is 0 Å². The Hall–Kier alpha value is -3.95. The number of rotatable bonds is 11. The average molecular weight is 587 g/mol. The highest BCUT2D eigenvalue weighted by Gasteiger charge is 2.57. The lowest BCUT2D eigenvalue weighted by molar-refractivity contribution is -0.154. The number of hydrogen-bond donors (Lipinski definition) is 1. The van der Waals surface area contributed by atoms with Crippen molar-refractivity contribution in [2.75, 3.05) is 17.3 Å². The molecule has 41 heavy (non-hydrogen) atoms. The van der Waals surface area contributed by atoms with Gasteiger partial charge in [0.1, 0.15) is 17.1 Å². The molecule has 7 nitrogen and oxygen atoms in total. The molecule has 0 aliphatic carbocycles. The molecule has 3 aromatic carbocycles. The van der Waals surface area contributed by atoms with Gasteiger partial charge in [-0.05, 0) is 22.3 Å². The first-order valence-electron chi connectivity index (χ1n) is 13.2. The lowest BCUT2D eigenvalue weighted by Crippen LogP contribution is -2.73. The van der Waals surface area contributed by atoms with E-state index in [1.54, 1.807) is 6.08 Å². The fourth-order valence-corrected chi connectivity index (χ4v) is 7.56. The average Bonchev–Trinajstić information content (AvgIpc) is 3.00. The second-order valence-electron chi connectivity index (χ2n) is 9.69. The van der Waals surface area contributed by atoms with Crippen LogP contribution >= 0.6 is 11.8 Å². The zero-order valence-corrected chi connectivity index (χ0v) is 23.9. The van der Waals surface area contributed by atoms with Crippen LogP contribution in [-0.4, -0.2) is 55.6 Å². The quantitative estimate of drug-likeness (QED) is 0.157. The third-order valence-corrected chi connectivity index (χ3v) is 9.54. The van der Waals surface area contributed by atoms with Crippen LogP contribution in [0.4, 0.5) is 0 Å². The maximum absolute atomic E-state index is 13.9. The van der Waals surface area contributed by atoms with Crippen molar-refractivity contribution in [3.05, 3.63) is 132 Å². The van der Waals surface area contributed by atoms with Crippen molar-refractivity contribution in [3.8, 4) is 0 Å². The Bertz CT molecular complexity index is 1440. The molecule has 0 saturated carbocycles. The number of fused-ring (bicyclic) bond motifs is 1. The summed E-state index contributed by atoms with van der Waals surface area (Å²) in [7, 11) is -1.51. The molecular weight excluding hydrogens is 556 g/mol. The maximum Gasteiger partial charge on any atom is 0.356 e. The van der Waals surface area contributed by atoms with Crippen molar-refractivity contribution in [2.24, 2.45) is 0 Å². The second-order valence-corrected chi connectivity index (χ2v) is 12.3. The Morgan fingerprint density at radius 1 is 1.00 bits per heavy atom. The minimum atomic E-state index is -1.51. The number of β-lactam (4-membered cyclic amide) rings is 1. The lowest BCUT2D eigenvalue weighted by Gasteiger charge is -2.49. The molecule has 2 aliphatic heterocycles. The van der Waals surface area contributed by atoms with Gasteiger partial charge in [0.05, 0.1) is 23.0 Å². The molecule has 3 aromatic rings. The number of thioether (sulfide) groups is 1. The Morgan fingerprint density at radius 2 is 1.59 bits per heavy atom. The number of ether oxygens (including phenoxy) is 1. The highest BCUT2D eigenvalue weighted by Crippen LogP contribution is 2.38. The number of carbonyl (C=O) groups is 3. The van der Waals surface area contributed by atoms with Crippen LogP contribution in [0.1, 0.15) is 22.8 Å². The minimum absolute atomic E-state index is 0.0913. The first-order chi connectivity index (χ1) is 20.0. The van der Waals surface area contributed by atoms with E-state index in [9.17, 15) is 18.6 Å². The monoisotopic (exact) mass is 586 g/mol. The molecule has 3 atom stereocenters. The van der Waals surface area contributed by atoms with Gasteiger partial charge in [-0.3, -0.25) is 18.7 Å². The van der Waals surface area contributed by atoms with Crippen molar-refractivity contribution in [2.45, 2.75) is 23.9 Å². The van der Waals surface area contributed by atoms with Gasteiger partial charge in [0.25, 0.3) is 5.91 Å². The van der Waals surface area contributed by atoms with Crippen LogP contribution in [0.25, 0.3) is 0 Å². The van der Waals surface area contributed by atoms with Gasteiger partial charge in [-0.25, -0.2) is 4.79 Å². The van der Waals surface area contributed by atoms with Gasteiger partial charge >= 0.3 is 5.97 Å². The highest BCUT2D eigenvalue weighted by atomic mass is 32.2. The van der Waals surface area contributed by atoms with Gasteiger partial charge < -0.3 is 10.1 Å². The van der Waals surface area contributed by atoms with E-state index < -0.39 is 40.2 Å². The zero-order valence-electron chi connectivity index (χ0n) is 22.3. The van der Waals surface area contributed by atoms with E-state index in [0.717, 1.165) is 16.7 Å². The van der Waals surface area contributed by atoms with E-state index in [4.69, 9.17) is 4.74 Å². The van der Waals surface area contributed by atoms with Crippen LogP contribution in [-0.2, 0) is 36.3 Å². The first kappa shape index (κ1) is 28.6. The molecule has 210 valence electrons. The number of amides is 2. The Balaban J connectivity index is 1.42. The molecule has 2 heterocycles. The summed E-state index contributed by atoms with van der Waals surface area (Å²) in [5.41, 5.74) is 3.07. The number of carbonyl (C=O) groups excluding carboxylic acids is 3. The van der Waals surface area contributed by atoms with Crippen molar-refractivity contribution >= 4 is 40.3 Å². The van der Waals surface area contributed by atoms with E-state index in [1.165, 1.54) is 16.7 Å². The fraction of sp³-hybridized carbons (Fsp3) is 0.219. The summed E-state index contributed by atoms with van der Waals surface area (Å²) >= 11 is 1.51. The van der Waals surface area contributed by atoms with E-state index >= 15 is 0 Å². The zero-order chi connectivity index (χ0) is 28.8. The molecular formula is C32H30N2O5S2. The normalized spacial score (nSPS) is 19.8. The molecule has 1 fully saturated rings. The van der Waals surface area contributed by atoms with Gasteiger partial charge in [-0.1, -0.05) is 97.1 Å². The molecule has 9 heteroatoms. The van der Waals surface area contributed by atoms with Gasteiger partial charge in [-0.15, -0.1) is 6.58 Å². The summed E-state index contributed by atoms with van der Waals surface area (Å²) in [6.07, 6.45) is 1.14. The number of benzene rings is 3. The number of nitrogens with one attached hydrogen (secondary N) is 1. The van der Waals surface area contributed by atoms with Crippen molar-refractivity contribution in [1.29, 1.82) is 0 Å². The maximum atomic E-state index is 13.9. The van der Waals surface area contributed by atoms with E-state index in [1.807, 2.05) is 91.0 Å². The SMILES string of the molecule is C=CCSCC1=C(C(=O)OC(c2ccccc2)c2ccccc2)N2C(=O)C(NC(=O)Cc3ccccc3)[C@H]2S(=O)C1. The molecule has 2 amide bonds. The van der Waals surface area contributed by atoms with Crippen LogP contribution in [0.5, 0.6) is 0 Å². The lowest BCUT2D eigenvalue weighted by atomic mass is 10.0. The first-order valence-corrected chi connectivity index (χ1v) is 15.8. The van der Waals surface area contributed by atoms with Crippen LogP contribution in [0, 0.1) is 0 Å². The molecule has 1 N–H and O–H groups in total. The Labute approximate surface area is 246 Å². The topological polar surface area (TPSA) is 92.8 Å². The molecule has 0 aromatic heterocycles. The summed E-state index contributed by atoms with van der Waals surface area (Å²) in [6, 6.07) is 27.0. The van der Waals surface area contributed by atoms with E-state index in [0.29, 0.717) is 17.1 Å². The summed E-state index contributed by atoms with van der Waals surface area (Å²) in [6.45, 7) is 3.74. The van der Waals surface area contributed by atoms with Crippen molar-refractivity contribution in [1.82, 2.24) is 10.2 Å². The molecule has 1 saturated heterocycles. The van der Waals surface area contributed by atoms with Crippen LogP contribution in [0.15, 0.2) is 115 Å². The van der Waals surface area contributed by atoms with Gasteiger partial charge in [-0.2, -0.15) is 11.8 Å². The Kier molecular flexibility index (Phi) is 9.16. The van der Waals surface area contributed by atoms with Gasteiger partial charge in [0.15, 0.2) is 6.10 Å². The number of nitrogens with zero attached hydrogens (tertiary/aromatic N) is 1. The molecule has 0 radical (unpaired) electrons. The Morgan fingerprint density at radius 3 is 2.17 bits per heavy atom. The van der Waals surface area contributed by atoms with E-state index in [2.05, 4.69) is 11.9 Å². The third kappa shape index (κ3) is 6.36. The van der Waals surface area contributed by atoms with E-state index in [-0.39, 0.29) is 23.8 Å². The molecule has 0 spiro atoms. The second kappa shape index (κ2) is 13.1.